The Kier molecular flexibility index (Phi) is 4.71. The van der Waals surface area contributed by atoms with Crippen molar-refractivity contribution >= 4 is 11.7 Å². The van der Waals surface area contributed by atoms with E-state index in [0.717, 1.165) is 24.4 Å². The maximum atomic E-state index is 11.6. The summed E-state index contributed by atoms with van der Waals surface area (Å²) in [4.78, 5) is 13.7. The fourth-order valence-corrected chi connectivity index (χ4v) is 2.30. The van der Waals surface area contributed by atoms with Gasteiger partial charge < -0.3 is 19.1 Å². The monoisotopic (exact) mass is 279 g/mol. The molecule has 1 aliphatic heterocycles. The van der Waals surface area contributed by atoms with E-state index >= 15 is 0 Å². The molecule has 0 aromatic heterocycles. The Morgan fingerprint density at radius 3 is 2.50 bits per heavy atom. The summed E-state index contributed by atoms with van der Waals surface area (Å²) in [5.41, 5.74) is 0.957. The molecule has 1 aromatic carbocycles. The van der Waals surface area contributed by atoms with Gasteiger partial charge in [0.15, 0.2) is 11.5 Å². The predicted molar refractivity (Wildman–Crippen MR) is 76.5 cm³/mol. The Hall–Kier alpha value is -1.91. The third-order valence-corrected chi connectivity index (χ3v) is 3.35. The third kappa shape index (κ3) is 2.81. The predicted octanol–water partition coefficient (Wildman–Crippen LogP) is 2.24. The van der Waals surface area contributed by atoms with Crippen LogP contribution in [0.2, 0.25) is 0 Å². The molecule has 2 rings (SSSR count). The van der Waals surface area contributed by atoms with Crippen molar-refractivity contribution in [3.63, 3.8) is 0 Å². The van der Waals surface area contributed by atoms with Crippen molar-refractivity contribution in [3.8, 4) is 11.5 Å². The molecule has 110 valence electrons. The van der Waals surface area contributed by atoms with Crippen LogP contribution < -0.4 is 14.4 Å². The van der Waals surface area contributed by atoms with Gasteiger partial charge in [0.2, 0.25) is 0 Å². The molecular weight excluding hydrogens is 258 g/mol. The first-order valence-corrected chi connectivity index (χ1v) is 6.95. The Labute approximate surface area is 119 Å². The molecule has 1 aromatic rings. The maximum Gasteiger partial charge on any atom is 0.328 e. The van der Waals surface area contributed by atoms with Gasteiger partial charge in [0.05, 0.1) is 20.3 Å². The zero-order chi connectivity index (χ0) is 14.5. The summed E-state index contributed by atoms with van der Waals surface area (Å²) in [7, 11) is 1.42. The standard InChI is InChI=1S/C15H21NO4/c1-4-19-13-7-6-11(10-14(13)20-5-2)16-9-8-12(16)15(17)18-3/h6-7,10,12H,4-5,8-9H2,1-3H3. The number of carbonyl (C=O) groups is 1. The summed E-state index contributed by atoms with van der Waals surface area (Å²) in [5, 5.41) is 0. The molecule has 1 saturated heterocycles. The molecule has 1 fully saturated rings. The minimum atomic E-state index is -0.192. The van der Waals surface area contributed by atoms with Crippen molar-refractivity contribution in [1.29, 1.82) is 0 Å². The van der Waals surface area contributed by atoms with Gasteiger partial charge in [-0.3, -0.25) is 0 Å². The van der Waals surface area contributed by atoms with Crippen LogP contribution in [0, 0.1) is 0 Å². The zero-order valence-corrected chi connectivity index (χ0v) is 12.2. The fraction of sp³-hybridized carbons (Fsp3) is 0.533. The van der Waals surface area contributed by atoms with Gasteiger partial charge in [-0.05, 0) is 32.4 Å². The largest absolute Gasteiger partial charge is 0.490 e. The van der Waals surface area contributed by atoms with E-state index in [1.807, 2.05) is 36.9 Å². The van der Waals surface area contributed by atoms with Gasteiger partial charge in [-0.25, -0.2) is 4.79 Å². The molecule has 0 bridgehead atoms. The number of hydrogen-bond acceptors (Lipinski definition) is 5. The van der Waals surface area contributed by atoms with Gasteiger partial charge in [-0.2, -0.15) is 0 Å². The number of nitrogens with zero attached hydrogens (tertiary/aromatic N) is 1. The van der Waals surface area contributed by atoms with Crippen LogP contribution >= 0.6 is 0 Å². The van der Waals surface area contributed by atoms with Crippen molar-refractivity contribution in [2.24, 2.45) is 0 Å². The molecular formula is C15H21NO4. The summed E-state index contributed by atoms with van der Waals surface area (Å²) in [6, 6.07) is 5.57. The van der Waals surface area contributed by atoms with E-state index in [4.69, 9.17) is 14.2 Å². The highest BCUT2D eigenvalue weighted by Gasteiger charge is 2.35. The van der Waals surface area contributed by atoms with Crippen LogP contribution in [0.3, 0.4) is 0 Å². The van der Waals surface area contributed by atoms with Crippen molar-refractivity contribution < 1.29 is 19.0 Å². The normalized spacial score (nSPS) is 17.4. The van der Waals surface area contributed by atoms with Gasteiger partial charge >= 0.3 is 5.97 Å². The first-order valence-electron chi connectivity index (χ1n) is 6.95. The number of anilines is 1. The molecule has 5 nitrogen and oxygen atoms in total. The highest BCUT2D eigenvalue weighted by Crippen LogP contribution is 2.35. The minimum Gasteiger partial charge on any atom is -0.490 e. The molecule has 0 N–H and O–H groups in total. The van der Waals surface area contributed by atoms with E-state index in [9.17, 15) is 4.79 Å². The molecule has 0 aliphatic carbocycles. The smallest absolute Gasteiger partial charge is 0.328 e. The van der Waals surface area contributed by atoms with Crippen LogP contribution in [0.1, 0.15) is 20.3 Å². The van der Waals surface area contributed by atoms with E-state index in [0.29, 0.717) is 19.0 Å². The van der Waals surface area contributed by atoms with Crippen molar-refractivity contribution in [3.05, 3.63) is 18.2 Å². The Morgan fingerprint density at radius 2 is 1.95 bits per heavy atom. The number of ether oxygens (including phenoxy) is 3. The molecule has 0 radical (unpaired) electrons. The van der Waals surface area contributed by atoms with Crippen LogP contribution in [0.15, 0.2) is 18.2 Å². The molecule has 20 heavy (non-hydrogen) atoms. The van der Waals surface area contributed by atoms with E-state index in [-0.39, 0.29) is 12.0 Å². The maximum absolute atomic E-state index is 11.6. The van der Waals surface area contributed by atoms with Gasteiger partial charge in [0.25, 0.3) is 0 Å². The number of methoxy groups -OCH3 is 1. The quantitative estimate of drug-likeness (QED) is 0.747. The van der Waals surface area contributed by atoms with E-state index in [1.165, 1.54) is 7.11 Å². The lowest BCUT2D eigenvalue weighted by Gasteiger charge is -2.40. The molecule has 1 atom stereocenters. The van der Waals surface area contributed by atoms with Crippen molar-refractivity contribution in [2.75, 3.05) is 31.8 Å². The van der Waals surface area contributed by atoms with Crippen LogP contribution in [0.5, 0.6) is 11.5 Å². The third-order valence-electron chi connectivity index (χ3n) is 3.35. The van der Waals surface area contributed by atoms with Crippen LogP contribution in [-0.2, 0) is 9.53 Å². The molecule has 1 heterocycles. The summed E-state index contributed by atoms with van der Waals surface area (Å²) in [6.07, 6.45) is 0.823. The highest BCUT2D eigenvalue weighted by molar-refractivity contribution is 5.82. The number of rotatable bonds is 6. The number of carbonyl (C=O) groups excluding carboxylic acids is 1. The fourth-order valence-electron chi connectivity index (χ4n) is 2.30. The number of benzene rings is 1. The molecule has 1 aliphatic rings. The van der Waals surface area contributed by atoms with Gasteiger partial charge in [0, 0.05) is 18.3 Å². The summed E-state index contributed by atoms with van der Waals surface area (Å²) >= 11 is 0. The lowest BCUT2D eigenvalue weighted by molar-refractivity contribution is -0.143. The van der Waals surface area contributed by atoms with Crippen LogP contribution in [-0.4, -0.2) is 38.9 Å². The second kappa shape index (κ2) is 6.50. The van der Waals surface area contributed by atoms with Gasteiger partial charge in [0.1, 0.15) is 6.04 Å². The topological polar surface area (TPSA) is 48.0 Å². The first kappa shape index (κ1) is 14.5. The Morgan fingerprint density at radius 1 is 1.25 bits per heavy atom. The SMILES string of the molecule is CCOc1ccc(N2CCC2C(=O)OC)cc1OCC. The lowest BCUT2D eigenvalue weighted by Crippen LogP contribution is -2.53. The molecule has 0 amide bonds. The molecule has 0 spiro atoms. The van der Waals surface area contributed by atoms with Crippen LogP contribution in [0.25, 0.3) is 0 Å². The second-order valence-electron chi connectivity index (χ2n) is 4.52. The average Bonchev–Trinajstić information content (AvgIpc) is 2.40. The minimum absolute atomic E-state index is 0.188. The second-order valence-corrected chi connectivity index (χ2v) is 4.52. The van der Waals surface area contributed by atoms with Crippen molar-refractivity contribution in [2.45, 2.75) is 26.3 Å². The summed E-state index contributed by atoms with van der Waals surface area (Å²) in [5.74, 6) is 1.25. The average molecular weight is 279 g/mol. The molecule has 1 unspecified atom stereocenters. The number of hydrogen-bond donors (Lipinski definition) is 0. The number of esters is 1. The molecule has 0 saturated carbocycles. The zero-order valence-electron chi connectivity index (χ0n) is 12.2. The van der Waals surface area contributed by atoms with E-state index in [2.05, 4.69) is 0 Å². The van der Waals surface area contributed by atoms with Crippen LogP contribution in [0.4, 0.5) is 5.69 Å². The van der Waals surface area contributed by atoms with E-state index < -0.39 is 0 Å². The lowest BCUT2D eigenvalue weighted by atomic mass is 10.0. The summed E-state index contributed by atoms with van der Waals surface area (Å²) in [6.45, 7) is 5.88. The van der Waals surface area contributed by atoms with Crippen molar-refractivity contribution in [1.82, 2.24) is 0 Å². The highest BCUT2D eigenvalue weighted by atomic mass is 16.5. The molecule has 5 heteroatoms. The Bertz CT molecular complexity index is 475. The van der Waals surface area contributed by atoms with Gasteiger partial charge in [-0.15, -0.1) is 0 Å². The van der Waals surface area contributed by atoms with Gasteiger partial charge in [-0.1, -0.05) is 0 Å². The Balaban J connectivity index is 2.20. The van der Waals surface area contributed by atoms with E-state index in [1.54, 1.807) is 0 Å². The first-order chi connectivity index (χ1) is 9.71. The summed E-state index contributed by atoms with van der Waals surface area (Å²) < 4.78 is 15.9.